The van der Waals surface area contributed by atoms with Crippen molar-refractivity contribution in [3.05, 3.63) is 35.8 Å². The van der Waals surface area contributed by atoms with Crippen LogP contribution in [-0.2, 0) is 6.18 Å². The van der Waals surface area contributed by atoms with E-state index in [4.69, 9.17) is 5.11 Å². The van der Waals surface area contributed by atoms with Crippen molar-refractivity contribution in [3.63, 3.8) is 0 Å². The molecule has 0 aliphatic heterocycles. The predicted molar refractivity (Wildman–Crippen MR) is 51.1 cm³/mol. The topological polar surface area (TPSA) is 80.9 Å². The number of aromatic nitrogens is 4. The molecule has 0 fully saturated rings. The van der Waals surface area contributed by atoms with Gasteiger partial charge < -0.3 is 5.11 Å². The zero-order chi connectivity index (χ0) is 13.3. The van der Waals surface area contributed by atoms with Crippen molar-refractivity contribution < 1.29 is 23.1 Å². The minimum atomic E-state index is -4.47. The number of halogens is 3. The van der Waals surface area contributed by atoms with E-state index in [0.29, 0.717) is 6.20 Å². The third-order valence-electron chi connectivity index (χ3n) is 2.02. The fraction of sp³-hybridized carbons (Fsp3) is 0.111. The van der Waals surface area contributed by atoms with Gasteiger partial charge in [-0.2, -0.15) is 13.2 Å². The van der Waals surface area contributed by atoms with Crippen molar-refractivity contribution in [3.8, 4) is 5.82 Å². The fourth-order valence-corrected chi connectivity index (χ4v) is 1.16. The third kappa shape index (κ3) is 2.29. The number of carboxylic acid groups (broad SMARTS) is 1. The zero-order valence-electron chi connectivity index (χ0n) is 8.59. The van der Waals surface area contributed by atoms with E-state index in [2.05, 4.69) is 15.3 Å². The first-order valence-corrected chi connectivity index (χ1v) is 4.57. The van der Waals surface area contributed by atoms with Crippen LogP contribution in [0, 0.1) is 0 Å². The van der Waals surface area contributed by atoms with Crippen molar-refractivity contribution in [1.82, 2.24) is 20.0 Å². The summed E-state index contributed by atoms with van der Waals surface area (Å²) in [7, 11) is 0. The molecule has 0 aliphatic carbocycles. The van der Waals surface area contributed by atoms with Gasteiger partial charge in [-0.1, -0.05) is 5.21 Å². The molecule has 9 heteroatoms. The smallest absolute Gasteiger partial charge is 0.417 e. The molecule has 2 rings (SSSR count). The lowest BCUT2D eigenvalue weighted by molar-refractivity contribution is -0.137. The molecule has 0 bridgehead atoms. The Morgan fingerprint density at radius 2 is 2.06 bits per heavy atom. The molecule has 2 aromatic heterocycles. The largest absolute Gasteiger partial charge is 0.476 e. The van der Waals surface area contributed by atoms with Gasteiger partial charge in [-0.25, -0.2) is 14.5 Å². The Morgan fingerprint density at radius 1 is 1.33 bits per heavy atom. The van der Waals surface area contributed by atoms with Gasteiger partial charge in [0.2, 0.25) is 0 Å². The van der Waals surface area contributed by atoms with Crippen molar-refractivity contribution in [2.75, 3.05) is 0 Å². The van der Waals surface area contributed by atoms with E-state index in [1.165, 1.54) is 0 Å². The first-order chi connectivity index (χ1) is 8.38. The molecule has 2 aromatic rings. The number of pyridine rings is 1. The molecule has 0 saturated carbocycles. The van der Waals surface area contributed by atoms with Crippen LogP contribution in [0.2, 0.25) is 0 Å². The summed E-state index contributed by atoms with van der Waals surface area (Å²) in [5, 5.41) is 15.4. The molecule has 94 valence electrons. The summed E-state index contributed by atoms with van der Waals surface area (Å²) in [5.41, 5.74) is -1.22. The molecule has 0 aliphatic rings. The van der Waals surface area contributed by atoms with Gasteiger partial charge in [-0.15, -0.1) is 5.10 Å². The number of hydrogen-bond donors (Lipinski definition) is 1. The van der Waals surface area contributed by atoms with Gasteiger partial charge in [0.1, 0.15) is 0 Å². The fourth-order valence-electron chi connectivity index (χ4n) is 1.16. The van der Waals surface area contributed by atoms with Gasteiger partial charge in [-0.3, -0.25) is 0 Å². The van der Waals surface area contributed by atoms with Gasteiger partial charge in [-0.05, 0) is 12.1 Å². The molecule has 0 radical (unpaired) electrons. The second kappa shape index (κ2) is 4.09. The first-order valence-electron chi connectivity index (χ1n) is 4.57. The number of nitrogens with zero attached hydrogens (tertiary/aromatic N) is 4. The lowest BCUT2D eigenvalue weighted by Crippen LogP contribution is -2.07. The maximum atomic E-state index is 12.3. The average Bonchev–Trinajstić information content (AvgIpc) is 2.77. The number of carboxylic acids is 1. The molecule has 18 heavy (non-hydrogen) atoms. The van der Waals surface area contributed by atoms with Crippen LogP contribution in [-0.4, -0.2) is 31.1 Å². The van der Waals surface area contributed by atoms with E-state index in [1.54, 1.807) is 0 Å². The van der Waals surface area contributed by atoms with Crippen molar-refractivity contribution >= 4 is 5.97 Å². The second-order valence-corrected chi connectivity index (χ2v) is 3.26. The van der Waals surface area contributed by atoms with Crippen LogP contribution in [0.15, 0.2) is 24.5 Å². The van der Waals surface area contributed by atoms with Crippen LogP contribution >= 0.6 is 0 Å². The Bertz CT molecular complexity index is 576. The summed E-state index contributed by atoms with van der Waals surface area (Å²) < 4.78 is 37.8. The average molecular weight is 258 g/mol. The Hall–Kier alpha value is -2.45. The molecular weight excluding hydrogens is 253 g/mol. The highest BCUT2D eigenvalue weighted by molar-refractivity contribution is 5.84. The minimum absolute atomic E-state index is 0.0444. The molecular formula is C9H5F3N4O2. The van der Waals surface area contributed by atoms with Crippen LogP contribution in [0.25, 0.3) is 5.82 Å². The number of alkyl halides is 3. The molecule has 0 spiro atoms. The van der Waals surface area contributed by atoms with Gasteiger partial charge >= 0.3 is 12.1 Å². The number of aromatic carboxylic acids is 1. The van der Waals surface area contributed by atoms with E-state index in [9.17, 15) is 18.0 Å². The normalized spacial score (nSPS) is 11.5. The van der Waals surface area contributed by atoms with Gasteiger partial charge in [0.15, 0.2) is 11.5 Å². The van der Waals surface area contributed by atoms with Crippen molar-refractivity contribution in [2.45, 2.75) is 6.18 Å². The highest BCUT2D eigenvalue weighted by Gasteiger charge is 2.30. The van der Waals surface area contributed by atoms with E-state index in [-0.39, 0.29) is 11.5 Å². The van der Waals surface area contributed by atoms with E-state index >= 15 is 0 Å². The molecule has 1 N–H and O–H groups in total. The number of carbonyl (C=O) groups is 1. The maximum absolute atomic E-state index is 12.3. The standard InChI is InChI=1S/C9H5F3N4O2/c10-9(11,12)5-1-2-7(13-3-5)16-4-6(8(17)18)14-15-16/h1-4H,(H,17,18). The van der Waals surface area contributed by atoms with Crippen LogP contribution in [0.5, 0.6) is 0 Å². The molecule has 0 amide bonds. The molecule has 0 atom stereocenters. The van der Waals surface area contributed by atoms with E-state index in [0.717, 1.165) is 23.0 Å². The SMILES string of the molecule is O=C(O)c1cn(-c2ccc(C(F)(F)F)cn2)nn1. The predicted octanol–water partition coefficient (Wildman–Crippen LogP) is 1.38. The Kier molecular flexibility index (Phi) is 2.73. The molecule has 0 aromatic carbocycles. The summed E-state index contributed by atoms with van der Waals surface area (Å²) in [5.74, 6) is -1.24. The quantitative estimate of drug-likeness (QED) is 0.880. The van der Waals surface area contributed by atoms with Crippen LogP contribution in [0.3, 0.4) is 0 Å². The summed E-state index contributed by atoms with van der Waals surface area (Å²) in [6, 6.07) is 1.90. The highest BCUT2D eigenvalue weighted by Crippen LogP contribution is 2.28. The molecule has 2 heterocycles. The Balaban J connectivity index is 2.31. The minimum Gasteiger partial charge on any atom is -0.476 e. The van der Waals surface area contributed by atoms with Crippen LogP contribution in [0.1, 0.15) is 16.1 Å². The summed E-state index contributed by atoms with van der Waals surface area (Å²) in [6.45, 7) is 0. The number of rotatable bonds is 2. The Labute approximate surface area is 97.7 Å². The first kappa shape index (κ1) is 12.0. The summed E-state index contributed by atoms with van der Waals surface area (Å²) >= 11 is 0. The summed E-state index contributed by atoms with van der Waals surface area (Å²) in [4.78, 5) is 14.1. The molecule has 0 unspecified atom stereocenters. The van der Waals surface area contributed by atoms with Crippen LogP contribution in [0.4, 0.5) is 13.2 Å². The van der Waals surface area contributed by atoms with Gasteiger partial charge in [0.05, 0.1) is 11.8 Å². The second-order valence-electron chi connectivity index (χ2n) is 3.26. The van der Waals surface area contributed by atoms with Crippen molar-refractivity contribution in [1.29, 1.82) is 0 Å². The monoisotopic (exact) mass is 258 g/mol. The lowest BCUT2D eigenvalue weighted by Gasteiger charge is -2.06. The van der Waals surface area contributed by atoms with Crippen LogP contribution < -0.4 is 0 Å². The third-order valence-corrected chi connectivity index (χ3v) is 2.02. The lowest BCUT2D eigenvalue weighted by atomic mass is 10.3. The zero-order valence-corrected chi connectivity index (χ0v) is 8.59. The van der Waals surface area contributed by atoms with Gasteiger partial charge in [0.25, 0.3) is 0 Å². The molecule has 6 nitrogen and oxygen atoms in total. The van der Waals surface area contributed by atoms with E-state index < -0.39 is 17.7 Å². The summed E-state index contributed by atoms with van der Waals surface area (Å²) in [6.07, 6.45) is -2.78. The highest BCUT2D eigenvalue weighted by atomic mass is 19.4. The van der Waals surface area contributed by atoms with Gasteiger partial charge in [0, 0.05) is 6.20 Å². The van der Waals surface area contributed by atoms with E-state index in [1.807, 2.05) is 0 Å². The molecule has 0 saturated heterocycles. The van der Waals surface area contributed by atoms with Crippen molar-refractivity contribution in [2.24, 2.45) is 0 Å². The number of hydrogen-bond acceptors (Lipinski definition) is 4. The Morgan fingerprint density at radius 3 is 2.50 bits per heavy atom. The maximum Gasteiger partial charge on any atom is 0.417 e.